The number of hydrogen-bond donors (Lipinski definition) is 0. The van der Waals surface area contributed by atoms with Crippen molar-refractivity contribution >= 4 is 0 Å². The molecule has 0 aliphatic heterocycles. The lowest BCUT2D eigenvalue weighted by Gasteiger charge is -1.82. The molecule has 0 unspecified atom stereocenters. The van der Waals surface area contributed by atoms with Gasteiger partial charge < -0.3 is 0 Å². The van der Waals surface area contributed by atoms with Crippen molar-refractivity contribution in [2.45, 2.75) is 55.4 Å². The summed E-state index contributed by atoms with van der Waals surface area (Å²) < 4.78 is 0. The molecule has 0 fully saturated rings. The Morgan fingerprint density at radius 1 is 0.714 bits per heavy atom. The molecule has 0 nitrogen and oxygen atoms in total. The molecule has 0 saturated carbocycles. The molecule has 2 rings (SSSR count). The number of allylic oxidation sites excluding steroid dienone is 5. The zero-order chi connectivity index (χ0) is 16.9. The van der Waals surface area contributed by atoms with E-state index in [0.717, 1.165) is 0 Å². The molecule has 1 aliphatic carbocycles. The lowest BCUT2D eigenvalue weighted by molar-refractivity contribution is 1.48. The molecule has 1 aliphatic rings. The van der Waals surface area contributed by atoms with E-state index in [1.165, 1.54) is 11.1 Å². The van der Waals surface area contributed by atoms with Crippen LogP contribution in [0.1, 0.15) is 54.0 Å². The van der Waals surface area contributed by atoms with Crippen molar-refractivity contribution in [1.29, 1.82) is 0 Å². The fourth-order valence-electron chi connectivity index (χ4n) is 1.08. The molecule has 0 amide bonds. The Morgan fingerprint density at radius 3 is 1.67 bits per heavy atom. The minimum atomic E-state index is 1.27. The van der Waals surface area contributed by atoms with Crippen LogP contribution in [0.3, 0.4) is 0 Å². The van der Waals surface area contributed by atoms with Crippen LogP contribution in [0.25, 0.3) is 0 Å². The first-order valence-corrected chi connectivity index (χ1v) is 8.07. The van der Waals surface area contributed by atoms with Crippen molar-refractivity contribution in [3.05, 3.63) is 77.6 Å². The van der Waals surface area contributed by atoms with Crippen LogP contribution >= 0.6 is 0 Å². The topological polar surface area (TPSA) is 0 Å². The summed E-state index contributed by atoms with van der Waals surface area (Å²) in [6.45, 7) is 16.1. The normalized spacial score (nSPS) is 9.81. The van der Waals surface area contributed by atoms with Crippen molar-refractivity contribution in [3.8, 4) is 0 Å². The highest BCUT2D eigenvalue weighted by molar-refractivity contribution is 5.27. The fraction of sp³-hybridized carbons (Fsp3) is 0.381. The first-order chi connectivity index (χ1) is 10.3. The van der Waals surface area contributed by atoms with Gasteiger partial charge in [0.25, 0.3) is 0 Å². The molecule has 0 N–H and O–H groups in total. The first kappa shape index (κ1) is 24.3. The third kappa shape index (κ3) is 20.7. The van der Waals surface area contributed by atoms with Crippen LogP contribution in [-0.2, 0) is 0 Å². The molecule has 1 aromatic rings. The third-order valence-corrected chi connectivity index (χ3v) is 1.93. The van der Waals surface area contributed by atoms with Gasteiger partial charge in [0, 0.05) is 0 Å². The molecule has 0 spiro atoms. The number of benzene rings is 1. The summed E-state index contributed by atoms with van der Waals surface area (Å²) in [5.74, 6) is 0. The van der Waals surface area contributed by atoms with Gasteiger partial charge in [-0.3, -0.25) is 0 Å². The summed E-state index contributed by atoms with van der Waals surface area (Å²) in [7, 11) is 0. The second-order valence-electron chi connectivity index (χ2n) is 3.42. The summed E-state index contributed by atoms with van der Waals surface area (Å²) in [6.07, 6.45) is 9.87. The molecule has 0 bridgehead atoms. The molecule has 118 valence electrons. The molecular formula is C21H34. The van der Waals surface area contributed by atoms with Gasteiger partial charge in [0.15, 0.2) is 0 Å². The molecule has 0 saturated heterocycles. The Morgan fingerprint density at radius 2 is 1.24 bits per heavy atom. The van der Waals surface area contributed by atoms with Gasteiger partial charge in [-0.2, -0.15) is 0 Å². The van der Waals surface area contributed by atoms with E-state index in [9.17, 15) is 0 Å². The van der Waals surface area contributed by atoms with Crippen LogP contribution in [0.5, 0.6) is 0 Å². The van der Waals surface area contributed by atoms with E-state index in [1.54, 1.807) is 0 Å². The molecule has 0 atom stereocenters. The first-order valence-electron chi connectivity index (χ1n) is 8.07. The highest BCUT2D eigenvalue weighted by atomic mass is 13.8. The summed E-state index contributed by atoms with van der Waals surface area (Å²) in [4.78, 5) is 0. The monoisotopic (exact) mass is 286 g/mol. The van der Waals surface area contributed by atoms with Crippen LogP contribution in [-0.4, -0.2) is 0 Å². The SMILES string of the molecule is CC.CC.CC.CC1=CC=C=CC=C1.Cc1ccccc1. The lowest BCUT2D eigenvalue weighted by Crippen LogP contribution is -1.62. The van der Waals surface area contributed by atoms with Crippen molar-refractivity contribution in [2.24, 2.45) is 0 Å². The minimum absolute atomic E-state index is 1.27. The largest absolute Gasteiger partial charge is 0.121 e. The van der Waals surface area contributed by atoms with Gasteiger partial charge in [-0.15, -0.1) is 5.73 Å². The van der Waals surface area contributed by atoms with Crippen molar-refractivity contribution in [3.63, 3.8) is 0 Å². The van der Waals surface area contributed by atoms with E-state index in [1.807, 2.05) is 84.0 Å². The van der Waals surface area contributed by atoms with Crippen LogP contribution in [0.2, 0.25) is 0 Å². The van der Waals surface area contributed by atoms with E-state index < -0.39 is 0 Å². The maximum absolute atomic E-state index is 2.96. The van der Waals surface area contributed by atoms with Crippen LogP contribution in [0.15, 0.2) is 72.0 Å². The summed E-state index contributed by atoms with van der Waals surface area (Å²) in [6, 6.07) is 10.3. The Labute approximate surface area is 133 Å². The highest BCUT2D eigenvalue weighted by Crippen LogP contribution is 1.97. The smallest absolute Gasteiger partial charge is 0.0197 e. The second kappa shape index (κ2) is 23.3. The van der Waals surface area contributed by atoms with Gasteiger partial charge in [0.2, 0.25) is 0 Å². The Balaban J connectivity index is -0.000000229. The van der Waals surface area contributed by atoms with Gasteiger partial charge in [-0.25, -0.2) is 0 Å². The van der Waals surface area contributed by atoms with Gasteiger partial charge in [0.1, 0.15) is 0 Å². The predicted molar refractivity (Wildman–Crippen MR) is 101 cm³/mol. The second-order valence-corrected chi connectivity index (χ2v) is 3.42. The average Bonchev–Trinajstić information content (AvgIpc) is 2.82. The van der Waals surface area contributed by atoms with E-state index >= 15 is 0 Å². The Kier molecular flexibility index (Phi) is 26.9. The molecule has 0 radical (unpaired) electrons. The molecule has 21 heavy (non-hydrogen) atoms. The maximum atomic E-state index is 2.96. The quantitative estimate of drug-likeness (QED) is 0.439. The van der Waals surface area contributed by atoms with E-state index in [-0.39, 0.29) is 0 Å². The average molecular weight is 287 g/mol. The fourth-order valence-corrected chi connectivity index (χ4v) is 1.08. The standard InChI is InChI=1S/C8H8.C7H8.3C2H6/c1-8-6-4-2-3-5-7-8;1-7-5-3-2-4-6-7;3*1-2/h2,4-7H,1H3;2-6H,1H3;3*1-2H3. The molecular weight excluding hydrogens is 252 g/mol. The van der Waals surface area contributed by atoms with E-state index in [0.29, 0.717) is 0 Å². The Bertz CT molecular complexity index is 399. The van der Waals surface area contributed by atoms with Crippen molar-refractivity contribution < 1.29 is 0 Å². The van der Waals surface area contributed by atoms with Gasteiger partial charge in [0.05, 0.1) is 0 Å². The maximum Gasteiger partial charge on any atom is -0.0197 e. The van der Waals surface area contributed by atoms with E-state index in [2.05, 4.69) is 37.8 Å². The van der Waals surface area contributed by atoms with E-state index in [4.69, 9.17) is 0 Å². The molecule has 0 aromatic heterocycles. The zero-order valence-corrected chi connectivity index (χ0v) is 15.3. The predicted octanol–water partition coefficient (Wildman–Crippen LogP) is 7.29. The highest BCUT2D eigenvalue weighted by Gasteiger charge is 1.76. The van der Waals surface area contributed by atoms with Gasteiger partial charge in [-0.1, -0.05) is 101 Å². The van der Waals surface area contributed by atoms with Gasteiger partial charge >= 0.3 is 0 Å². The summed E-state index contributed by atoms with van der Waals surface area (Å²) >= 11 is 0. The van der Waals surface area contributed by atoms with Crippen molar-refractivity contribution in [1.82, 2.24) is 0 Å². The third-order valence-electron chi connectivity index (χ3n) is 1.93. The molecule has 0 heteroatoms. The van der Waals surface area contributed by atoms with Gasteiger partial charge in [-0.05, 0) is 26.0 Å². The minimum Gasteiger partial charge on any atom is -0.121 e. The lowest BCUT2D eigenvalue weighted by atomic mass is 10.2. The zero-order valence-electron chi connectivity index (χ0n) is 15.3. The summed E-state index contributed by atoms with van der Waals surface area (Å²) in [5, 5.41) is 0. The molecule has 1 aromatic carbocycles. The van der Waals surface area contributed by atoms with Crippen LogP contribution < -0.4 is 0 Å². The Hall–Kier alpha value is -1.78. The van der Waals surface area contributed by atoms with Crippen LogP contribution in [0, 0.1) is 6.92 Å². The van der Waals surface area contributed by atoms with Crippen LogP contribution in [0.4, 0.5) is 0 Å². The van der Waals surface area contributed by atoms with Crippen molar-refractivity contribution in [2.75, 3.05) is 0 Å². The summed E-state index contributed by atoms with van der Waals surface area (Å²) in [5.41, 5.74) is 5.56. The number of hydrogen-bond acceptors (Lipinski definition) is 0. The number of aryl methyl sites for hydroxylation is 1. The molecule has 0 heterocycles. The number of rotatable bonds is 0.